The Morgan fingerprint density at radius 2 is 2.24 bits per heavy atom. The van der Waals surface area contributed by atoms with Gasteiger partial charge in [0.1, 0.15) is 0 Å². The van der Waals surface area contributed by atoms with E-state index >= 15 is 0 Å². The number of anilines is 1. The van der Waals surface area contributed by atoms with Crippen LogP contribution in [0.3, 0.4) is 0 Å². The molecular formula is C17H27N3O. The van der Waals surface area contributed by atoms with Gasteiger partial charge in [0, 0.05) is 18.3 Å². The van der Waals surface area contributed by atoms with Crippen LogP contribution < -0.4 is 10.6 Å². The molecule has 0 aromatic heterocycles. The maximum Gasteiger partial charge on any atom is 0.238 e. The fourth-order valence-corrected chi connectivity index (χ4v) is 2.92. The van der Waals surface area contributed by atoms with Crippen LogP contribution in [0.2, 0.25) is 0 Å². The van der Waals surface area contributed by atoms with Crippen LogP contribution in [-0.4, -0.2) is 43.0 Å². The largest absolute Gasteiger partial charge is 0.325 e. The van der Waals surface area contributed by atoms with Crippen LogP contribution in [0.1, 0.15) is 31.7 Å². The first-order valence-electron chi connectivity index (χ1n) is 8.00. The van der Waals surface area contributed by atoms with E-state index in [1.165, 1.54) is 19.3 Å². The van der Waals surface area contributed by atoms with Gasteiger partial charge in [-0.15, -0.1) is 0 Å². The summed E-state index contributed by atoms with van der Waals surface area (Å²) in [5.41, 5.74) is 2.05. The number of aryl methyl sites for hydroxylation is 1. The number of likely N-dealkylation sites (tertiary alicyclic amines) is 1. The Kier molecular flexibility index (Phi) is 6.21. The summed E-state index contributed by atoms with van der Waals surface area (Å²) in [6.07, 6.45) is 3.65. The topological polar surface area (TPSA) is 44.4 Å². The first-order valence-corrected chi connectivity index (χ1v) is 8.00. The number of hydrogen-bond acceptors (Lipinski definition) is 3. The van der Waals surface area contributed by atoms with E-state index in [-0.39, 0.29) is 5.91 Å². The van der Waals surface area contributed by atoms with Crippen molar-refractivity contribution in [1.29, 1.82) is 0 Å². The van der Waals surface area contributed by atoms with Gasteiger partial charge in [-0.05, 0) is 50.6 Å². The Morgan fingerprint density at radius 1 is 1.38 bits per heavy atom. The molecular weight excluding hydrogens is 262 g/mol. The van der Waals surface area contributed by atoms with Crippen molar-refractivity contribution in [3.8, 4) is 0 Å². The van der Waals surface area contributed by atoms with Gasteiger partial charge < -0.3 is 10.6 Å². The molecule has 0 spiro atoms. The first kappa shape index (κ1) is 16.0. The van der Waals surface area contributed by atoms with Gasteiger partial charge in [0.2, 0.25) is 5.91 Å². The first-order chi connectivity index (χ1) is 10.2. The van der Waals surface area contributed by atoms with E-state index in [1.807, 2.05) is 31.2 Å². The van der Waals surface area contributed by atoms with Crippen LogP contribution in [-0.2, 0) is 4.79 Å². The van der Waals surface area contributed by atoms with Crippen molar-refractivity contribution in [3.05, 3.63) is 29.8 Å². The van der Waals surface area contributed by atoms with Crippen molar-refractivity contribution >= 4 is 11.6 Å². The molecule has 1 atom stereocenters. The molecule has 4 nitrogen and oxygen atoms in total. The highest BCUT2D eigenvalue weighted by atomic mass is 16.2. The number of amides is 1. The lowest BCUT2D eigenvalue weighted by Gasteiger charge is -2.35. The Morgan fingerprint density at radius 3 is 3.00 bits per heavy atom. The van der Waals surface area contributed by atoms with Crippen molar-refractivity contribution in [3.63, 3.8) is 0 Å². The highest BCUT2D eigenvalue weighted by Crippen LogP contribution is 2.16. The van der Waals surface area contributed by atoms with Gasteiger partial charge in [0.05, 0.1) is 6.54 Å². The third-order valence-corrected chi connectivity index (χ3v) is 4.03. The number of nitrogens with one attached hydrogen (secondary N) is 2. The summed E-state index contributed by atoms with van der Waals surface area (Å²) in [7, 11) is 0. The highest BCUT2D eigenvalue weighted by Gasteiger charge is 2.23. The molecule has 1 aliphatic rings. The van der Waals surface area contributed by atoms with E-state index in [0.717, 1.165) is 30.9 Å². The van der Waals surface area contributed by atoms with Crippen LogP contribution >= 0.6 is 0 Å². The van der Waals surface area contributed by atoms with E-state index in [4.69, 9.17) is 0 Å². The van der Waals surface area contributed by atoms with Crippen LogP contribution in [0.4, 0.5) is 5.69 Å². The Balaban J connectivity index is 1.87. The molecule has 1 aliphatic heterocycles. The molecule has 0 radical (unpaired) electrons. The van der Waals surface area contributed by atoms with Gasteiger partial charge in [-0.1, -0.05) is 25.5 Å². The summed E-state index contributed by atoms with van der Waals surface area (Å²) < 4.78 is 0. The lowest BCUT2D eigenvalue weighted by Crippen LogP contribution is -2.48. The summed E-state index contributed by atoms with van der Waals surface area (Å²) in [5.74, 6) is 0.0870. The third kappa shape index (κ3) is 5.14. The highest BCUT2D eigenvalue weighted by molar-refractivity contribution is 5.92. The number of carbonyl (C=O) groups is 1. The number of nitrogens with zero attached hydrogens (tertiary/aromatic N) is 1. The molecule has 1 fully saturated rings. The van der Waals surface area contributed by atoms with Gasteiger partial charge in [0.25, 0.3) is 0 Å². The summed E-state index contributed by atoms with van der Waals surface area (Å²) in [4.78, 5) is 14.6. The zero-order valence-corrected chi connectivity index (χ0v) is 13.2. The molecule has 116 valence electrons. The normalized spacial score (nSPS) is 19.4. The smallest absolute Gasteiger partial charge is 0.238 e. The van der Waals surface area contributed by atoms with Crippen molar-refractivity contribution in [2.45, 2.75) is 39.2 Å². The van der Waals surface area contributed by atoms with Crippen molar-refractivity contribution in [2.24, 2.45) is 0 Å². The molecule has 1 unspecified atom stereocenters. The Hall–Kier alpha value is -1.39. The second kappa shape index (κ2) is 8.15. The van der Waals surface area contributed by atoms with Crippen molar-refractivity contribution in [1.82, 2.24) is 10.2 Å². The van der Waals surface area contributed by atoms with Gasteiger partial charge >= 0.3 is 0 Å². The fraction of sp³-hybridized carbons (Fsp3) is 0.588. The second-order valence-corrected chi connectivity index (χ2v) is 5.85. The molecule has 1 amide bonds. The van der Waals surface area contributed by atoms with Gasteiger partial charge in [-0.2, -0.15) is 0 Å². The average molecular weight is 289 g/mol. The second-order valence-electron chi connectivity index (χ2n) is 5.85. The minimum absolute atomic E-state index is 0.0870. The lowest BCUT2D eigenvalue weighted by atomic mass is 10.0. The molecule has 1 heterocycles. The Bertz CT molecular complexity index is 461. The predicted octanol–water partition coefficient (Wildman–Crippen LogP) is 2.40. The van der Waals surface area contributed by atoms with Crippen molar-refractivity contribution in [2.75, 3.05) is 31.5 Å². The average Bonchev–Trinajstić information content (AvgIpc) is 2.46. The Labute approximate surface area is 127 Å². The van der Waals surface area contributed by atoms with E-state index < -0.39 is 0 Å². The molecule has 2 rings (SSSR count). The van der Waals surface area contributed by atoms with Crippen LogP contribution in [0.25, 0.3) is 0 Å². The quantitative estimate of drug-likeness (QED) is 0.845. The number of carbonyl (C=O) groups excluding carboxylic acids is 1. The maximum atomic E-state index is 12.2. The fourth-order valence-electron chi connectivity index (χ4n) is 2.92. The number of rotatable bonds is 6. The molecule has 0 aliphatic carbocycles. The predicted molar refractivity (Wildman–Crippen MR) is 87.6 cm³/mol. The summed E-state index contributed by atoms with van der Waals surface area (Å²) in [6, 6.07) is 8.44. The maximum absolute atomic E-state index is 12.2. The van der Waals surface area contributed by atoms with E-state index in [9.17, 15) is 4.79 Å². The standard InChI is InChI=1S/C17H27N3O/c1-3-18-12-16-9-4-5-10-20(16)13-17(21)19-15-8-6-7-14(2)11-15/h6-8,11,16,18H,3-5,9-10,12-13H2,1-2H3,(H,19,21). The summed E-state index contributed by atoms with van der Waals surface area (Å²) in [5, 5.41) is 6.41. The van der Waals surface area contributed by atoms with Gasteiger partial charge in [0.15, 0.2) is 0 Å². The number of hydrogen-bond donors (Lipinski definition) is 2. The summed E-state index contributed by atoms with van der Waals surface area (Å²) >= 11 is 0. The molecule has 21 heavy (non-hydrogen) atoms. The number of piperidine rings is 1. The SMILES string of the molecule is CCNCC1CCCCN1CC(=O)Nc1cccc(C)c1. The van der Waals surface area contributed by atoms with E-state index in [1.54, 1.807) is 0 Å². The number of likely N-dealkylation sites (N-methyl/N-ethyl adjacent to an activating group) is 1. The van der Waals surface area contributed by atoms with E-state index in [0.29, 0.717) is 12.6 Å². The zero-order valence-electron chi connectivity index (χ0n) is 13.2. The third-order valence-electron chi connectivity index (χ3n) is 4.03. The van der Waals surface area contributed by atoms with Gasteiger partial charge in [-0.25, -0.2) is 0 Å². The van der Waals surface area contributed by atoms with Crippen LogP contribution in [0.15, 0.2) is 24.3 Å². The molecule has 0 bridgehead atoms. The van der Waals surface area contributed by atoms with Crippen LogP contribution in [0.5, 0.6) is 0 Å². The molecule has 1 aromatic carbocycles. The molecule has 1 saturated heterocycles. The van der Waals surface area contributed by atoms with Gasteiger partial charge in [-0.3, -0.25) is 9.69 Å². The minimum Gasteiger partial charge on any atom is -0.325 e. The monoisotopic (exact) mass is 289 g/mol. The molecule has 2 N–H and O–H groups in total. The van der Waals surface area contributed by atoms with Crippen molar-refractivity contribution < 1.29 is 4.79 Å². The molecule has 1 aromatic rings. The zero-order chi connectivity index (χ0) is 15.1. The summed E-state index contributed by atoms with van der Waals surface area (Å²) in [6.45, 7) is 7.64. The lowest BCUT2D eigenvalue weighted by molar-refractivity contribution is -0.118. The molecule has 0 saturated carbocycles. The molecule has 4 heteroatoms. The van der Waals surface area contributed by atoms with E-state index in [2.05, 4.69) is 22.5 Å². The van der Waals surface area contributed by atoms with Crippen LogP contribution in [0, 0.1) is 6.92 Å². The number of benzene rings is 1. The minimum atomic E-state index is 0.0870.